The van der Waals surface area contributed by atoms with Crippen molar-refractivity contribution in [1.29, 1.82) is 0 Å². The van der Waals surface area contributed by atoms with Crippen molar-refractivity contribution in [3.63, 3.8) is 0 Å². The Kier molecular flexibility index (Phi) is 11.9. The van der Waals surface area contributed by atoms with E-state index in [2.05, 4.69) is 13.8 Å². The second kappa shape index (κ2) is 10.8. The van der Waals surface area contributed by atoms with Crippen LogP contribution in [0.4, 0.5) is 0 Å². The maximum atomic E-state index is 8.67. The fourth-order valence-electron chi connectivity index (χ4n) is 0.464. The van der Waals surface area contributed by atoms with Crippen LogP contribution in [0, 0.1) is 0 Å². The molecule has 0 saturated heterocycles. The van der Waals surface area contributed by atoms with E-state index in [1.54, 1.807) is 12.1 Å². The van der Waals surface area contributed by atoms with Crippen LogP contribution in [-0.2, 0) is 0 Å². The monoisotopic (exact) mass is 184 g/mol. The van der Waals surface area contributed by atoms with Crippen LogP contribution in [0.2, 0.25) is 0 Å². The van der Waals surface area contributed by atoms with Crippen molar-refractivity contribution in [3.05, 3.63) is 24.3 Å². The number of phenols is 2. The Morgan fingerprint density at radius 1 is 0.923 bits per heavy atom. The Morgan fingerprint density at radius 2 is 1.15 bits per heavy atom. The first-order valence-electron chi connectivity index (χ1n) is 4.69. The third kappa shape index (κ3) is 8.73. The first kappa shape index (κ1) is 14.3. The third-order valence-corrected chi connectivity index (χ3v) is 0.882. The Hall–Kier alpha value is -1.18. The van der Waals surface area contributed by atoms with Crippen molar-refractivity contribution < 1.29 is 10.2 Å². The molecule has 0 atom stereocenters. The van der Waals surface area contributed by atoms with Crippen LogP contribution >= 0.6 is 0 Å². The van der Waals surface area contributed by atoms with E-state index in [0.29, 0.717) is 0 Å². The number of aromatic hydroxyl groups is 2. The predicted molar refractivity (Wildman–Crippen MR) is 57.1 cm³/mol. The van der Waals surface area contributed by atoms with Crippen LogP contribution in [0.5, 0.6) is 11.5 Å². The van der Waals surface area contributed by atoms with Crippen molar-refractivity contribution in [1.82, 2.24) is 0 Å². The zero-order valence-corrected chi connectivity index (χ0v) is 8.91. The SMILES string of the molecule is CC.CCC.Oc1ccccc1O. The molecule has 0 amide bonds. The third-order valence-electron chi connectivity index (χ3n) is 0.882. The average molecular weight is 184 g/mol. The molecule has 0 aliphatic carbocycles. The average Bonchev–Trinajstić information content (AvgIpc) is 2.15. The lowest BCUT2D eigenvalue weighted by Crippen LogP contribution is -1.63. The molecule has 2 nitrogen and oxygen atoms in total. The molecule has 0 saturated carbocycles. The maximum Gasteiger partial charge on any atom is 0.157 e. The largest absolute Gasteiger partial charge is 0.504 e. The Bertz CT molecular complexity index is 176. The second-order valence-corrected chi connectivity index (χ2v) is 2.20. The van der Waals surface area contributed by atoms with Gasteiger partial charge in [0.15, 0.2) is 11.5 Å². The zero-order chi connectivity index (χ0) is 10.7. The second-order valence-electron chi connectivity index (χ2n) is 2.20. The summed E-state index contributed by atoms with van der Waals surface area (Å²) in [5.41, 5.74) is 0. The van der Waals surface area contributed by atoms with E-state index in [-0.39, 0.29) is 11.5 Å². The lowest BCUT2D eigenvalue weighted by Gasteiger charge is -1.91. The van der Waals surface area contributed by atoms with Gasteiger partial charge in [0.25, 0.3) is 0 Å². The van der Waals surface area contributed by atoms with E-state index in [4.69, 9.17) is 10.2 Å². The van der Waals surface area contributed by atoms with E-state index >= 15 is 0 Å². The molecule has 13 heavy (non-hydrogen) atoms. The summed E-state index contributed by atoms with van der Waals surface area (Å²) in [6.07, 6.45) is 1.25. The van der Waals surface area contributed by atoms with Gasteiger partial charge in [0, 0.05) is 0 Å². The van der Waals surface area contributed by atoms with Gasteiger partial charge in [0.05, 0.1) is 0 Å². The van der Waals surface area contributed by atoms with Gasteiger partial charge in [-0.15, -0.1) is 0 Å². The van der Waals surface area contributed by atoms with Gasteiger partial charge >= 0.3 is 0 Å². The molecule has 0 aliphatic rings. The Balaban J connectivity index is 0. The van der Waals surface area contributed by atoms with Crippen molar-refractivity contribution in [3.8, 4) is 11.5 Å². The minimum atomic E-state index is -0.0764. The van der Waals surface area contributed by atoms with Gasteiger partial charge in [0.1, 0.15) is 0 Å². The van der Waals surface area contributed by atoms with Gasteiger partial charge in [-0.3, -0.25) is 0 Å². The number of rotatable bonds is 0. The maximum absolute atomic E-state index is 8.67. The first-order valence-corrected chi connectivity index (χ1v) is 4.69. The molecule has 0 unspecified atom stereocenters. The summed E-state index contributed by atoms with van der Waals surface area (Å²) < 4.78 is 0. The zero-order valence-electron chi connectivity index (χ0n) is 8.91. The number of benzene rings is 1. The summed E-state index contributed by atoms with van der Waals surface area (Å²) in [6, 6.07) is 6.15. The molecule has 0 aromatic heterocycles. The highest BCUT2D eigenvalue weighted by Gasteiger charge is 1.90. The smallest absolute Gasteiger partial charge is 0.157 e. The van der Waals surface area contributed by atoms with E-state index in [9.17, 15) is 0 Å². The molecule has 0 radical (unpaired) electrons. The fourth-order valence-corrected chi connectivity index (χ4v) is 0.464. The summed E-state index contributed by atoms with van der Waals surface area (Å²) in [4.78, 5) is 0. The predicted octanol–water partition coefficient (Wildman–Crippen LogP) is 3.54. The molecule has 2 N–H and O–H groups in total. The summed E-state index contributed by atoms with van der Waals surface area (Å²) in [5, 5.41) is 17.3. The van der Waals surface area contributed by atoms with Gasteiger partial charge in [-0.2, -0.15) is 0 Å². The lowest BCUT2D eigenvalue weighted by molar-refractivity contribution is 0.404. The van der Waals surface area contributed by atoms with E-state index in [1.807, 2.05) is 13.8 Å². The first-order chi connectivity index (χ1) is 6.22. The van der Waals surface area contributed by atoms with Gasteiger partial charge < -0.3 is 10.2 Å². The van der Waals surface area contributed by atoms with Gasteiger partial charge in [0.2, 0.25) is 0 Å². The fraction of sp³-hybridized carbons (Fsp3) is 0.455. The van der Waals surface area contributed by atoms with Crippen molar-refractivity contribution in [2.24, 2.45) is 0 Å². The molecule has 76 valence electrons. The van der Waals surface area contributed by atoms with E-state index in [0.717, 1.165) is 0 Å². The Labute approximate surface area is 80.9 Å². The highest BCUT2D eigenvalue weighted by molar-refractivity contribution is 5.36. The molecule has 1 aromatic carbocycles. The minimum Gasteiger partial charge on any atom is -0.504 e. The number of phenolic OH excluding ortho intramolecular Hbond substituents is 2. The van der Waals surface area contributed by atoms with Crippen molar-refractivity contribution in [2.45, 2.75) is 34.1 Å². The summed E-state index contributed by atoms with van der Waals surface area (Å²) in [6.45, 7) is 8.25. The molecule has 0 bridgehead atoms. The van der Waals surface area contributed by atoms with Crippen LogP contribution < -0.4 is 0 Å². The topological polar surface area (TPSA) is 40.5 Å². The molecule has 0 aliphatic heterocycles. The molecular weight excluding hydrogens is 164 g/mol. The van der Waals surface area contributed by atoms with Crippen LogP contribution in [0.1, 0.15) is 34.1 Å². The normalized spacial score (nSPS) is 7.38. The highest BCUT2D eigenvalue weighted by Crippen LogP contribution is 2.21. The molecule has 0 heterocycles. The van der Waals surface area contributed by atoms with Crippen molar-refractivity contribution >= 4 is 0 Å². The van der Waals surface area contributed by atoms with E-state index < -0.39 is 0 Å². The van der Waals surface area contributed by atoms with Crippen LogP contribution in [0.25, 0.3) is 0 Å². The van der Waals surface area contributed by atoms with Crippen molar-refractivity contribution in [2.75, 3.05) is 0 Å². The quantitative estimate of drug-likeness (QED) is 0.605. The molecule has 0 fully saturated rings. The lowest BCUT2D eigenvalue weighted by atomic mass is 10.3. The van der Waals surface area contributed by atoms with Crippen LogP contribution in [-0.4, -0.2) is 10.2 Å². The van der Waals surface area contributed by atoms with E-state index in [1.165, 1.54) is 18.6 Å². The van der Waals surface area contributed by atoms with Gasteiger partial charge in [-0.1, -0.05) is 46.2 Å². The summed E-state index contributed by atoms with van der Waals surface area (Å²) >= 11 is 0. The van der Waals surface area contributed by atoms with Crippen LogP contribution in [0.3, 0.4) is 0 Å². The number of hydrogen-bond acceptors (Lipinski definition) is 2. The Morgan fingerprint density at radius 3 is 1.31 bits per heavy atom. The highest BCUT2D eigenvalue weighted by atomic mass is 16.3. The summed E-state index contributed by atoms with van der Waals surface area (Å²) in [7, 11) is 0. The van der Waals surface area contributed by atoms with Gasteiger partial charge in [-0.05, 0) is 12.1 Å². The van der Waals surface area contributed by atoms with Gasteiger partial charge in [-0.25, -0.2) is 0 Å². The minimum absolute atomic E-state index is 0.0764. The molecule has 0 spiro atoms. The number of hydrogen-bond donors (Lipinski definition) is 2. The number of para-hydroxylation sites is 2. The molecule has 1 rings (SSSR count). The molecular formula is C11H20O2. The molecule has 2 heteroatoms. The standard InChI is InChI=1S/C6H6O2.C3H8.C2H6/c7-5-3-1-2-4-6(5)8;1-3-2;1-2/h1-4,7-8H;3H2,1-2H3;1-2H3. The summed E-state index contributed by atoms with van der Waals surface area (Å²) in [5.74, 6) is -0.153. The van der Waals surface area contributed by atoms with Crippen LogP contribution in [0.15, 0.2) is 24.3 Å². The molecule has 1 aromatic rings.